The molecule has 0 bridgehead atoms. The van der Waals surface area contributed by atoms with Crippen molar-refractivity contribution >= 4 is 21.8 Å². The fraction of sp³-hybridized carbons (Fsp3) is 0.368. The number of ether oxygens (including phenoxy) is 1. The van der Waals surface area contributed by atoms with Gasteiger partial charge in [-0.2, -0.15) is 4.31 Å². The molecule has 1 fully saturated rings. The van der Waals surface area contributed by atoms with Crippen molar-refractivity contribution < 1.29 is 22.7 Å². The predicted octanol–water partition coefficient (Wildman–Crippen LogP) is 1.28. The van der Waals surface area contributed by atoms with Crippen LogP contribution in [0.15, 0.2) is 41.4 Å². The van der Waals surface area contributed by atoms with Gasteiger partial charge in [0.05, 0.1) is 6.61 Å². The Hall–Kier alpha value is -2.85. The quantitative estimate of drug-likeness (QED) is 0.684. The summed E-state index contributed by atoms with van der Waals surface area (Å²) < 4.78 is 33.4. The second-order valence-corrected chi connectivity index (χ2v) is 8.59. The predicted molar refractivity (Wildman–Crippen MR) is 106 cm³/mol. The molecule has 0 saturated carbocycles. The Balaban J connectivity index is 1.65. The number of hydrogen-bond donors (Lipinski definition) is 2. The lowest BCUT2D eigenvalue weighted by atomic mass is 10.2. The molecule has 0 aliphatic carbocycles. The topological polar surface area (TPSA) is 110 Å². The Bertz CT molecular complexity index is 992. The van der Waals surface area contributed by atoms with Crippen LogP contribution in [0.1, 0.15) is 40.6 Å². The van der Waals surface area contributed by atoms with E-state index in [4.69, 9.17) is 4.74 Å². The minimum Gasteiger partial charge on any atom is -0.494 e. The first kappa shape index (κ1) is 20.9. The van der Waals surface area contributed by atoms with Crippen LogP contribution >= 0.6 is 0 Å². The summed E-state index contributed by atoms with van der Waals surface area (Å²) in [5.41, 5.74) is 5.11. The van der Waals surface area contributed by atoms with E-state index >= 15 is 0 Å². The van der Waals surface area contributed by atoms with Crippen molar-refractivity contribution in [1.29, 1.82) is 0 Å². The van der Waals surface area contributed by atoms with Gasteiger partial charge in [-0.25, -0.2) is 8.42 Å². The third-order valence-corrected chi connectivity index (χ3v) is 6.50. The highest BCUT2D eigenvalue weighted by atomic mass is 32.2. The van der Waals surface area contributed by atoms with Crippen molar-refractivity contribution in [2.45, 2.75) is 24.7 Å². The highest BCUT2D eigenvalue weighted by Gasteiger charge is 2.29. The van der Waals surface area contributed by atoms with Crippen molar-refractivity contribution in [2.24, 2.45) is 7.05 Å². The molecule has 2 amide bonds. The van der Waals surface area contributed by atoms with Gasteiger partial charge in [0.15, 0.2) is 0 Å². The molecule has 1 saturated heterocycles. The number of nitrogens with zero attached hydrogens (tertiary/aromatic N) is 2. The Morgan fingerprint density at radius 1 is 1.07 bits per heavy atom. The normalized spacial score (nSPS) is 14.6. The van der Waals surface area contributed by atoms with Gasteiger partial charge < -0.3 is 9.30 Å². The van der Waals surface area contributed by atoms with Gasteiger partial charge >= 0.3 is 0 Å². The lowest BCUT2D eigenvalue weighted by Crippen LogP contribution is -2.42. The largest absolute Gasteiger partial charge is 0.494 e. The number of carbonyl (C=O) groups is 2. The van der Waals surface area contributed by atoms with Gasteiger partial charge in [-0.3, -0.25) is 20.4 Å². The lowest BCUT2D eigenvalue weighted by molar-refractivity contribution is 0.0842. The van der Waals surface area contributed by atoms with Crippen LogP contribution in [-0.2, 0) is 17.1 Å². The molecule has 2 aromatic rings. The highest BCUT2D eigenvalue weighted by molar-refractivity contribution is 7.89. The van der Waals surface area contributed by atoms with Crippen molar-refractivity contribution in [3.63, 3.8) is 0 Å². The summed E-state index contributed by atoms with van der Waals surface area (Å²) in [6.07, 6.45) is 3.06. The molecule has 1 aromatic heterocycles. The number of rotatable bonds is 6. The molecule has 1 aliphatic heterocycles. The second kappa shape index (κ2) is 8.66. The molecule has 9 nitrogen and oxygen atoms in total. The lowest BCUT2D eigenvalue weighted by Gasteiger charge is -2.13. The molecule has 29 heavy (non-hydrogen) atoms. The number of hydrogen-bond acceptors (Lipinski definition) is 5. The number of benzene rings is 1. The Kier molecular flexibility index (Phi) is 6.23. The van der Waals surface area contributed by atoms with Crippen molar-refractivity contribution in [3.05, 3.63) is 47.8 Å². The number of amides is 2. The van der Waals surface area contributed by atoms with Crippen LogP contribution in [0.25, 0.3) is 0 Å². The summed E-state index contributed by atoms with van der Waals surface area (Å²) in [5, 5.41) is 0. The summed E-state index contributed by atoms with van der Waals surface area (Å²) in [7, 11) is -2.05. The Morgan fingerprint density at radius 2 is 1.69 bits per heavy atom. The molecule has 1 aliphatic rings. The maximum atomic E-state index is 12.6. The molecule has 2 N–H and O–H groups in total. The van der Waals surface area contributed by atoms with Gasteiger partial charge in [0.25, 0.3) is 11.8 Å². The summed E-state index contributed by atoms with van der Waals surface area (Å²) >= 11 is 0. The number of aryl methyl sites for hydroxylation is 1. The minimum absolute atomic E-state index is 0.0601. The number of carbonyl (C=O) groups excluding carboxylic acids is 2. The van der Waals surface area contributed by atoms with Crippen LogP contribution in [0.5, 0.6) is 5.75 Å². The molecule has 0 radical (unpaired) electrons. The van der Waals surface area contributed by atoms with Crippen LogP contribution in [0.2, 0.25) is 0 Å². The van der Waals surface area contributed by atoms with E-state index in [1.54, 1.807) is 31.3 Å². The minimum atomic E-state index is -3.62. The van der Waals surface area contributed by atoms with Gasteiger partial charge in [0.2, 0.25) is 10.0 Å². The standard InChI is InChI=1S/C19H24N4O5S/c1-3-28-15-8-6-14(7-9-15)18(24)20-21-19(25)17-12-16(13-22(17)2)29(26,27)23-10-4-5-11-23/h6-9,12-13H,3-5,10-11H2,1-2H3,(H,20,24)(H,21,25). The first-order valence-electron chi connectivity index (χ1n) is 9.33. The van der Waals surface area contributed by atoms with Crippen LogP contribution in [0.3, 0.4) is 0 Å². The Labute approximate surface area is 169 Å². The zero-order chi connectivity index (χ0) is 21.0. The average Bonchev–Trinajstić information content (AvgIpc) is 3.37. The van der Waals surface area contributed by atoms with Crippen molar-refractivity contribution in [2.75, 3.05) is 19.7 Å². The molecule has 156 valence electrons. The summed E-state index contributed by atoms with van der Waals surface area (Å²) in [4.78, 5) is 24.7. The molecular weight excluding hydrogens is 396 g/mol. The van der Waals surface area contributed by atoms with E-state index < -0.39 is 21.8 Å². The molecular formula is C19H24N4O5S. The molecule has 10 heteroatoms. The number of nitrogens with one attached hydrogen (secondary N) is 2. The van der Waals surface area contributed by atoms with E-state index in [0.29, 0.717) is 31.0 Å². The van der Waals surface area contributed by atoms with E-state index in [0.717, 1.165) is 12.8 Å². The number of hydrazine groups is 1. The SMILES string of the molecule is CCOc1ccc(C(=O)NNC(=O)c2cc(S(=O)(=O)N3CCCC3)cn2C)cc1. The van der Waals surface area contributed by atoms with E-state index in [1.165, 1.54) is 21.1 Å². The van der Waals surface area contributed by atoms with Gasteiger partial charge in [-0.05, 0) is 50.1 Å². The molecule has 0 spiro atoms. The molecule has 1 aromatic carbocycles. The van der Waals surface area contributed by atoms with E-state index in [2.05, 4.69) is 10.9 Å². The van der Waals surface area contributed by atoms with Gasteiger partial charge in [-0.1, -0.05) is 0 Å². The third kappa shape index (κ3) is 4.60. The molecule has 2 heterocycles. The molecule has 0 unspecified atom stereocenters. The van der Waals surface area contributed by atoms with Crippen LogP contribution in [-0.4, -0.2) is 48.8 Å². The van der Waals surface area contributed by atoms with Crippen LogP contribution in [0.4, 0.5) is 0 Å². The van der Waals surface area contributed by atoms with Crippen LogP contribution in [0, 0.1) is 0 Å². The third-order valence-electron chi connectivity index (χ3n) is 4.63. The van der Waals surface area contributed by atoms with Gasteiger partial charge in [0, 0.05) is 31.9 Å². The van der Waals surface area contributed by atoms with E-state index in [9.17, 15) is 18.0 Å². The average molecular weight is 420 g/mol. The zero-order valence-corrected chi connectivity index (χ0v) is 17.2. The van der Waals surface area contributed by atoms with Crippen LogP contribution < -0.4 is 15.6 Å². The van der Waals surface area contributed by atoms with Gasteiger partial charge in [0.1, 0.15) is 16.3 Å². The zero-order valence-electron chi connectivity index (χ0n) is 16.3. The Morgan fingerprint density at radius 3 is 2.31 bits per heavy atom. The molecule has 3 rings (SSSR count). The fourth-order valence-electron chi connectivity index (χ4n) is 3.10. The number of aromatic nitrogens is 1. The smallest absolute Gasteiger partial charge is 0.286 e. The maximum Gasteiger partial charge on any atom is 0.286 e. The molecule has 0 atom stereocenters. The fourth-order valence-corrected chi connectivity index (χ4v) is 4.69. The second-order valence-electron chi connectivity index (χ2n) is 6.65. The summed E-state index contributed by atoms with van der Waals surface area (Å²) in [6, 6.07) is 7.79. The summed E-state index contributed by atoms with van der Waals surface area (Å²) in [6.45, 7) is 3.35. The number of sulfonamides is 1. The van der Waals surface area contributed by atoms with E-state index in [1.807, 2.05) is 6.92 Å². The summed E-state index contributed by atoms with van der Waals surface area (Å²) in [5.74, 6) is -0.473. The van der Waals surface area contributed by atoms with Crippen molar-refractivity contribution in [3.8, 4) is 5.75 Å². The highest BCUT2D eigenvalue weighted by Crippen LogP contribution is 2.22. The monoisotopic (exact) mass is 420 g/mol. The van der Waals surface area contributed by atoms with Gasteiger partial charge in [-0.15, -0.1) is 0 Å². The van der Waals surface area contributed by atoms with Crippen molar-refractivity contribution in [1.82, 2.24) is 19.7 Å². The first-order valence-corrected chi connectivity index (χ1v) is 10.8. The van der Waals surface area contributed by atoms with E-state index in [-0.39, 0.29) is 10.6 Å². The first-order chi connectivity index (χ1) is 13.8. The maximum absolute atomic E-state index is 12.6.